The third kappa shape index (κ3) is 4.16. The van der Waals surface area contributed by atoms with Crippen LogP contribution in [0.1, 0.15) is 27.0 Å². The molecule has 6 nitrogen and oxygen atoms in total. The van der Waals surface area contributed by atoms with Crippen molar-refractivity contribution in [2.75, 3.05) is 13.6 Å². The Hall–Kier alpha value is -3.15. The summed E-state index contributed by atoms with van der Waals surface area (Å²) in [6.45, 7) is 2.11. The molecule has 0 saturated carbocycles. The van der Waals surface area contributed by atoms with Crippen LogP contribution in [0.5, 0.6) is 0 Å². The van der Waals surface area contributed by atoms with E-state index >= 15 is 0 Å². The van der Waals surface area contributed by atoms with Crippen molar-refractivity contribution >= 4 is 17.7 Å². The summed E-state index contributed by atoms with van der Waals surface area (Å²) in [5.41, 5.74) is 3.57. The molecule has 0 fully saturated rings. The largest absolute Gasteiger partial charge is 0.357 e. The van der Waals surface area contributed by atoms with E-state index in [4.69, 9.17) is 0 Å². The molecule has 0 unspecified atom stereocenters. The van der Waals surface area contributed by atoms with Gasteiger partial charge in [-0.05, 0) is 30.2 Å². The zero-order valence-corrected chi connectivity index (χ0v) is 15.5. The number of carbonyl (C=O) groups excluding carboxylic acids is 3. The first-order valence-corrected chi connectivity index (χ1v) is 8.92. The molecule has 0 spiro atoms. The first-order chi connectivity index (χ1) is 13.0. The summed E-state index contributed by atoms with van der Waals surface area (Å²) in [5.74, 6) is -0.789. The van der Waals surface area contributed by atoms with Crippen molar-refractivity contribution in [3.05, 3.63) is 70.8 Å². The average Bonchev–Trinajstić information content (AvgIpc) is 2.70. The number of benzene rings is 2. The fourth-order valence-corrected chi connectivity index (χ4v) is 3.33. The van der Waals surface area contributed by atoms with Crippen molar-refractivity contribution in [2.24, 2.45) is 0 Å². The minimum absolute atomic E-state index is 0.150. The van der Waals surface area contributed by atoms with Gasteiger partial charge in [0.05, 0.1) is 6.54 Å². The third-order valence-corrected chi connectivity index (χ3v) is 4.80. The highest BCUT2D eigenvalue weighted by atomic mass is 16.2. The van der Waals surface area contributed by atoms with E-state index in [1.165, 1.54) is 4.90 Å². The molecular formula is C21H23N3O3. The fraction of sp³-hybridized carbons (Fsp3) is 0.286. The molecule has 1 aliphatic heterocycles. The SMILES string of the molecule is CNC(=O)[C@@H]1Cc2ccccc2CN1C(=O)CNC(=O)c1cccc(C)c1. The molecule has 0 radical (unpaired) electrons. The number of rotatable bonds is 4. The number of fused-ring (bicyclic) bond motifs is 1. The Kier molecular flexibility index (Phi) is 5.54. The van der Waals surface area contributed by atoms with Crippen molar-refractivity contribution in [1.29, 1.82) is 0 Å². The van der Waals surface area contributed by atoms with Crippen molar-refractivity contribution in [1.82, 2.24) is 15.5 Å². The van der Waals surface area contributed by atoms with Crippen molar-refractivity contribution in [2.45, 2.75) is 25.9 Å². The molecule has 0 aliphatic carbocycles. The number of likely N-dealkylation sites (N-methyl/N-ethyl adjacent to an activating group) is 1. The first kappa shape index (κ1) is 18.6. The number of hydrogen-bond acceptors (Lipinski definition) is 3. The van der Waals surface area contributed by atoms with Gasteiger partial charge in [0.25, 0.3) is 5.91 Å². The van der Waals surface area contributed by atoms with E-state index in [0.29, 0.717) is 18.5 Å². The standard InChI is InChI=1S/C21H23N3O3/c1-14-6-5-9-16(10-14)20(26)23-12-19(25)24-13-17-8-4-3-7-15(17)11-18(24)21(27)22-2/h3-10,18H,11-13H2,1-2H3,(H,22,27)(H,23,26)/t18-/m0/s1. The van der Waals surface area contributed by atoms with Crippen LogP contribution in [0.15, 0.2) is 48.5 Å². The second-order valence-corrected chi connectivity index (χ2v) is 6.68. The van der Waals surface area contributed by atoms with Crippen LogP contribution in [0.3, 0.4) is 0 Å². The van der Waals surface area contributed by atoms with Gasteiger partial charge in [0, 0.05) is 25.6 Å². The summed E-state index contributed by atoms with van der Waals surface area (Å²) < 4.78 is 0. The third-order valence-electron chi connectivity index (χ3n) is 4.80. The van der Waals surface area contributed by atoms with Gasteiger partial charge in [0.2, 0.25) is 11.8 Å². The maximum absolute atomic E-state index is 12.8. The van der Waals surface area contributed by atoms with E-state index in [1.54, 1.807) is 25.2 Å². The van der Waals surface area contributed by atoms with Gasteiger partial charge in [-0.15, -0.1) is 0 Å². The summed E-state index contributed by atoms with van der Waals surface area (Å²) in [5, 5.41) is 5.29. The van der Waals surface area contributed by atoms with Gasteiger partial charge >= 0.3 is 0 Å². The lowest BCUT2D eigenvalue weighted by atomic mass is 9.93. The minimum Gasteiger partial charge on any atom is -0.357 e. The molecule has 6 heteroatoms. The normalized spacial score (nSPS) is 15.6. The maximum Gasteiger partial charge on any atom is 0.251 e. The summed E-state index contributed by atoms with van der Waals surface area (Å²) in [7, 11) is 1.56. The van der Waals surface area contributed by atoms with Gasteiger partial charge in [0.15, 0.2) is 0 Å². The quantitative estimate of drug-likeness (QED) is 0.860. The number of amides is 3. The lowest BCUT2D eigenvalue weighted by Crippen LogP contribution is -2.54. The Morgan fingerprint density at radius 1 is 1.07 bits per heavy atom. The van der Waals surface area contributed by atoms with Crippen molar-refractivity contribution < 1.29 is 14.4 Å². The van der Waals surface area contributed by atoms with E-state index in [9.17, 15) is 14.4 Å². The molecule has 27 heavy (non-hydrogen) atoms. The Morgan fingerprint density at radius 2 is 1.81 bits per heavy atom. The smallest absolute Gasteiger partial charge is 0.251 e. The molecule has 0 aromatic heterocycles. The lowest BCUT2D eigenvalue weighted by molar-refractivity contribution is -0.140. The second-order valence-electron chi connectivity index (χ2n) is 6.68. The molecule has 2 N–H and O–H groups in total. The van der Waals surface area contributed by atoms with Crippen LogP contribution in [-0.4, -0.2) is 42.3 Å². The molecule has 1 atom stereocenters. The number of nitrogens with zero attached hydrogens (tertiary/aromatic N) is 1. The van der Waals surface area contributed by atoms with Gasteiger partial charge in [-0.25, -0.2) is 0 Å². The molecule has 3 amide bonds. The van der Waals surface area contributed by atoms with Gasteiger partial charge in [-0.3, -0.25) is 14.4 Å². The molecule has 2 aromatic rings. The molecule has 140 valence electrons. The summed E-state index contributed by atoms with van der Waals surface area (Å²) in [6, 6.07) is 14.4. The summed E-state index contributed by atoms with van der Waals surface area (Å²) in [6.07, 6.45) is 0.466. The molecule has 0 bridgehead atoms. The number of carbonyl (C=O) groups is 3. The lowest BCUT2D eigenvalue weighted by Gasteiger charge is -2.35. The zero-order chi connectivity index (χ0) is 19.4. The predicted octanol–water partition coefficient (Wildman–Crippen LogP) is 1.42. The highest BCUT2D eigenvalue weighted by Gasteiger charge is 2.33. The Morgan fingerprint density at radius 3 is 2.52 bits per heavy atom. The van der Waals surface area contributed by atoms with Crippen molar-refractivity contribution in [3.8, 4) is 0 Å². The number of nitrogens with one attached hydrogen (secondary N) is 2. The molecule has 0 saturated heterocycles. The van der Waals surface area contributed by atoms with E-state index in [2.05, 4.69) is 10.6 Å². The van der Waals surface area contributed by atoms with Crippen LogP contribution in [0.25, 0.3) is 0 Å². The van der Waals surface area contributed by atoms with Crippen LogP contribution in [-0.2, 0) is 22.6 Å². The van der Waals surface area contributed by atoms with Gasteiger partial charge in [-0.2, -0.15) is 0 Å². The van der Waals surface area contributed by atoms with Crippen LogP contribution in [0.4, 0.5) is 0 Å². The molecule has 1 aliphatic rings. The highest BCUT2D eigenvalue weighted by Crippen LogP contribution is 2.23. The highest BCUT2D eigenvalue weighted by molar-refractivity contribution is 5.97. The average molecular weight is 365 g/mol. The Balaban J connectivity index is 1.72. The predicted molar refractivity (Wildman–Crippen MR) is 102 cm³/mol. The molecular weight excluding hydrogens is 342 g/mol. The minimum atomic E-state index is -0.576. The van der Waals surface area contributed by atoms with Crippen molar-refractivity contribution in [3.63, 3.8) is 0 Å². The molecule has 1 heterocycles. The number of hydrogen-bond donors (Lipinski definition) is 2. The summed E-state index contributed by atoms with van der Waals surface area (Å²) >= 11 is 0. The van der Waals surface area contributed by atoms with Crippen LogP contribution < -0.4 is 10.6 Å². The van der Waals surface area contributed by atoms with Gasteiger partial charge in [0.1, 0.15) is 6.04 Å². The van der Waals surface area contributed by atoms with Crippen LogP contribution in [0.2, 0.25) is 0 Å². The number of aryl methyl sites for hydroxylation is 1. The molecule has 2 aromatic carbocycles. The van der Waals surface area contributed by atoms with E-state index < -0.39 is 6.04 Å². The Bertz CT molecular complexity index is 878. The Labute approximate surface area is 158 Å². The van der Waals surface area contributed by atoms with Crippen LogP contribution in [0, 0.1) is 6.92 Å². The molecule has 3 rings (SSSR count). The monoisotopic (exact) mass is 365 g/mol. The maximum atomic E-state index is 12.8. The summed E-state index contributed by atoms with van der Waals surface area (Å²) in [4.78, 5) is 38.9. The topological polar surface area (TPSA) is 78.5 Å². The van der Waals surface area contributed by atoms with Crippen LogP contribution >= 0.6 is 0 Å². The first-order valence-electron chi connectivity index (χ1n) is 8.92. The fourth-order valence-electron chi connectivity index (χ4n) is 3.33. The van der Waals surface area contributed by atoms with Gasteiger partial charge in [-0.1, -0.05) is 42.0 Å². The van der Waals surface area contributed by atoms with Gasteiger partial charge < -0.3 is 15.5 Å². The van der Waals surface area contributed by atoms with E-state index in [0.717, 1.165) is 16.7 Å². The second kappa shape index (κ2) is 8.03. The van der Waals surface area contributed by atoms with E-state index in [-0.39, 0.29) is 24.3 Å². The van der Waals surface area contributed by atoms with E-state index in [1.807, 2.05) is 37.3 Å². The zero-order valence-electron chi connectivity index (χ0n) is 15.5.